The number of unbranched alkanes of at least 4 members (excludes halogenated alkanes) is 6. The standard InChI is InChI=1S/C16H33N/c1-3-5-7-8-9-10-13-17-14-12-16(15-17)11-6-4-2/h16H,3-15H2,1-2H3. The van der Waals surface area contributed by atoms with Gasteiger partial charge in [-0.1, -0.05) is 58.8 Å². The number of hydrogen-bond acceptors (Lipinski definition) is 1. The molecule has 1 fully saturated rings. The quantitative estimate of drug-likeness (QED) is 0.492. The van der Waals surface area contributed by atoms with Crippen LogP contribution in [0.1, 0.15) is 78.1 Å². The third kappa shape index (κ3) is 7.08. The summed E-state index contributed by atoms with van der Waals surface area (Å²) in [5.41, 5.74) is 0. The largest absolute Gasteiger partial charge is 0.303 e. The molecule has 0 aliphatic carbocycles. The second-order valence-electron chi connectivity index (χ2n) is 5.87. The zero-order valence-electron chi connectivity index (χ0n) is 12.2. The van der Waals surface area contributed by atoms with E-state index in [2.05, 4.69) is 18.7 Å². The smallest absolute Gasteiger partial charge is 0.00101 e. The Bertz CT molecular complexity index is 167. The van der Waals surface area contributed by atoms with E-state index in [-0.39, 0.29) is 0 Å². The number of nitrogens with zero attached hydrogens (tertiary/aromatic N) is 1. The summed E-state index contributed by atoms with van der Waals surface area (Å²) in [5.74, 6) is 1.02. The first-order valence-corrected chi connectivity index (χ1v) is 8.09. The first-order chi connectivity index (χ1) is 8.36. The minimum atomic E-state index is 1.02. The van der Waals surface area contributed by atoms with Crippen molar-refractivity contribution in [3.63, 3.8) is 0 Å². The molecule has 0 bridgehead atoms. The van der Waals surface area contributed by atoms with Crippen molar-refractivity contribution >= 4 is 0 Å². The Hall–Kier alpha value is -0.0400. The molecule has 1 aliphatic rings. The highest BCUT2D eigenvalue weighted by Gasteiger charge is 2.20. The van der Waals surface area contributed by atoms with Crippen LogP contribution < -0.4 is 0 Å². The minimum absolute atomic E-state index is 1.02. The lowest BCUT2D eigenvalue weighted by Gasteiger charge is -2.15. The van der Waals surface area contributed by atoms with Gasteiger partial charge in [-0.3, -0.25) is 0 Å². The fourth-order valence-corrected chi connectivity index (χ4v) is 2.96. The van der Waals surface area contributed by atoms with Crippen molar-refractivity contribution in [3.8, 4) is 0 Å². The summed E-state index contributed by atoms with van der Waals surface area (Å²) in [6.07, 6.45) is 14.4. The summed E-state index contributed by atoms with van der Waals surface area (Å²) in [4.78, 5) is 2.71. The molecule has 1 heterocycles. The fourth-order valence-electron chi connectivity index (χ4n) is 2.96. The van der Waals surface area contributed by atoms with E-state index in [0.717, 1.165) is 5.92 Å². The summed E-state index contributed by atoms with van der Waals surface area (Å²) < 4.78 is 0. The van der Waals surface area contributed by atoms with Crippen LogP contribution in [0.15, 0.2) is 0 Å². The Balaban J connectivity index is 1.91. The van der Waals surface area contributed by atoms with Gasteiger partial charge in [0.25, 0.3) is 0 Å². The number of rotatable bonds is 10. The molecule has 1 unspecified atom stereocenters. The van der Waals surface area contributed by atoms with Crippen LogP contribution in [0.3, 0.4) is 0 Å². The Kier molecular flexibility index (Phi) is 8.78. The van der Waals surface area contributed by atoms with Crippen molar-refractivity contribution in [2.45, 2.75) is 78.1 Å². The van der Waals surface area contributed by atoms with E-state index in [1.807, 2.05) is 0 Å². The highest BCUT2D eigenvalue weighted by atomic mass is 15.1. The van der Waals surface area contributed by atoms with Gasteiger partial charge in [0.1, 0.15) is 0 Å². The first-order valence-electron chi connectivity index (χ1n) is 8.09. The summed E-state index contributed by atoms with van der Waals surface area (Å²) in [6, 6.07) is 0. The van der Waals surface area contributed by atoms with Crippen LogP contribution in [0, 0.1) is 5.92 Å². The molecular formula is C16H33N. The van der Waals surface area contributed by atoms with Crippen LogP contribution >= 0.6 is 0 Å². The molecule has 102 valence electrons. The van der Waals surface area contributed by atoms with Gasteiger partial charge in [0.15, 0.2) is 0 Å². The molecule has 1 aliphatic heterocycles. The molecule has 0 saturated carbocycles. The van der Waals surface area contributed by atoms with E-state index < -0.39 is 0 Å². The van der Waals surface area contributed by atoms with Gasteiger partial charge in [-0.25, -0.2) is 0 Å². The number of hydrogen-bond donors (Lipinski definition) is 0. The summed E-state index contributed by atoms with van der Waals surface area (Å²) in [5, 5.41) is 0. The molecule has 1 heteroatoms. The predicted octanol–water partition coefficient (Wildman–Crippen LogP) is 4.86. The maximum absolute atomic E-state index is 2.71. The second-order valence-corrected chi connectivity index (χ2v) is 5.87. The zero-order valence-corrected chi connectivity index (χ0v) is 12.2. The first kappa shape index (κ1) is 15.0. The van der Waals surface area contributed by atoms with Gasteiger partial charge < -0.3 is 4.90 Å². The molecule has 0 spiro atoms. The van der Waals surface area contributed by atoms with Crippen molar-refractivity contribution in [2.24, 2.45) is 5.92 Å². The van der Waals surface area contributed by atoms with Crippen LogP contribution in [-0.4, -0.2) is 24.5 Å². The van der Waals surface area contributed by atoms with E-state index in [1.165, 1.54) is 83.8 Å². The van der Waals surface area contributed by atoms with Crippen LogP contribution in [0.25, 0.3) is 0 Å². The Labute approximate surface area is 109 Å². The molecule has 0 aromatic carbocycles. The molecule has 1 rings (SSSR count). The van der Waals surface area contributed by atoms with Gasteiger partial charge in [-0.05, 0) is 38.3 Å². The van der Waals surface area contributed by atoms with Crippen molar-refractivity contribution in [1.29, 1.82) is 0 Å². The molecule has 0 N–H and O–H groups in total. The maximum Gasteiger partial charge on any atom is 0.00101 e. The maximum atomic E-state index is 2.71. The zero-order chi connectivity index (χ0) is 12.3. The fraction of sp³-hybridized carbons (Fsp3) is 1.00. The Morgan fingerprint density at radius 1 is 0.882 bits per heavy atom. The van der Waals surface area contributed by atoms with Gasteiger partial charge in [-0.2, -0.15) is 0 Å². The molecule has 0 aromatic rings. The van der Waals surface area contributed by atoms with Gasteiger partial charge >= 0.3 is 0 Å². The van der Waals surface area contributed by atoms with Crippen LogP contribution in [0.2, 0.25) is 0 Å². The van der Waals surface area contributed by atoms with E-state index in [4.69, 9.17) is 0 Å². The monoisotopic (exact) mass is 239 g/mol. The van der Waals surface area contributed by atoms with E-state index in [1.54, 1.807) is 0 Å². The van der Waals surface area contributed by atoms with Crippen molar-refractivity contribution in [2.75, 3.05) is 19.6 Å². The summed E-state index contributed by atoms with van der Waals surface area (Å²) in [7, 11) is 0. The highest BCUT2D eigenvalue weighted by Crippen LogP contribution is 2.22. The lowest BCUT2D eigenvalue weighted by Crippen LogP contribution is -2.21. The molecule has 0 radical (unpaired) electrons. The average molecular weight is 239 g/mol. The van der Waals surface area contributed by atoms with Gasteiger partial charge in [0.05, 0.1) is 0 Å². The minimum Gasteiger partial charge on any atom is -0.303 e. The SMILES string of the molecule is CCCCCCCCN1CCC(CCCC)C1. The molecule has 1 atom stereocenters. The lowest BCUT2D eigenvalue weighted by molar-refractivity contribution is 0.310. The van der Waals surface area contributed by atoms with Gasteiger partial charge in [0, 0.05) is 6.54 Å². The van der Waals surface area contributed by atoms with Crippen molar-refractivity contribution < 1.29 is 0 Å². The second kappa shape index (κ2) is 9.94. The predicted molar refractivity (Wildman–Crippen MR) is 77.4 cm³/mol. The van der Waals surface area contributed by atoms with E-state index >= 15 is 0 Å². The Morgan fingerprint density at radius 2 is 1.59 bits per heavy atom. The molecular weight excluding hydrogens is 206 g/mol. The van der Waals surface area contributed by atoms with Crippen LogP contribution in [0.5, 0.6) is 0 Å². The summed E-state index contributed by atoms with van der Waals surface area (Å²) >= 11 is 0. The summed E-state index contributed by atoms with van der Waals surface area (Å²) in [6.45, 7) is 8.75. The van der Waals surface area contributed by atoms with Crippen LogP contribution in [-0.2, 0) is 0 Å². The molecule has 1 saturated heterocycles. The lowest BCUT2D eigenvalue weighted by atomic mass is 10.0. The topological polar surface area (TPSA) is 3.24 Å². The van der Waals surface area contributed by atoms with Gasteiger partial charge in [0.2, 0.25) is 0 Å². The molecule has 17 heavy (non-hydrogen) atoms. The third-order valence-corrected chi connectivity index (χ3v) is 4.16. The van der Waals surface area contributed by atoms with Crippen molar-refractivity contribution in [3.05, 3.63) is 0 Å². The highest BCUT2D eigenvalue weighted by molar-refractivity contribution is 4.75. The Morgan fingerprint density at radius 3 is 2.35 bits per heavy atom. The normalized spacial score (nSPS) is 21.2. The number of likely N-dealkylation sites (tertiary alicyclic amines) is 1. The van der Waals surface area contributed by atoms with Gasteiger partial charge in [-0.15, -0.1) is 0 Å². The molecule has 1 nitrogen and oxygen atoms in total. The van der Waals surface area contributed by atoms with E-state index in [9.17, 15) is 0 Å². The molecule has 0 aromatic heterocycles. The van der Waals surface area contributed by atoms with Crippen LogP contribution in [0.4, 0.5) is 0 Å². The van der Waals surface area contributed by atoms with E-state index in [0.29, 0.717) is 0 Å². The third-order valence-electron chi connectivity index (χ3n) is 4.16. The average Bonchev–Trinajstić information content (AvgIpc) is 2.79. The molecule has 0 amide bonds. The van der Waals surface area contributed by atoms with Crippen molar-refractivity contribution in [1.82, 2.24) is 4.90 Å².